The van der Waals surface area contributed by atoms with E-state index in [0.717, 1.165) is 5.39 Å². The van der Waals surface area contributed by atoms with E-state index in [1.54, 1.807) is 13.3 Å². The Labute approximate surface area is 85.4 Å². The molecule has 0 fully saturated rings. The average Bonchev–Trinajstić information content (AvgIpc) is 2.75. The summed E-state index contributed by atoms with van der Waals surface area (Å²) in [5.41, 5.74) is 2.90. The third kappa shape index (κ3) is 1.40. The molecule has 0 spiro atoms. The Kier molecular flexibility index (Phi) is 2.26. The maximum atomic E-state index is 11.4. The topological polar surface area (TPSA) is 93.0 Å². The van der Waals surface area contributed by atoms with Crippen LogP contribution in [-0.2, 0) is 0 Å². The number of hydrogen-bond donors (Lipinski definition) is 3. The number of aromatic amines is 1. The molecule has 2 aromatic heterocycles. The quantitative estimate of drug-likeness (QED) is 0.371. The number of nitrogens with zero attached hydrogens (tertiary/aromatic N) is 1. The van der Waals surface area contributed by atoms with Crippen LogP contribution in [0.1, 0.15) is 10.5 Å². The Morgan fingerprint density at radius 1 is 1.67 bits per heavy atom. The molecule has 0 bridgehead atoms. The number of aromatic nitrogens is 2. The van der Waals surface area contributed by atoms with Crippen molar-refractivity contribution in [2.45, 2.75) is 0 Å². The number of nitrogens with two attached hydrogens (primary N) is 1. The van der Waals surface area contributed by atoms with Crippen LogP contribution in [0.5, 0.6) is 5.75 Å². The molecular weight excluding hydrogens is 196 g/mol. The van der Waals surface area contributed by atoms with Crippen molar-refractivity contribution < 1.29 is 9.53 Å². The van der Waals surface area contributed by atoms with Gasteiger partial charge >= 0.3 is 0 Å². The van der Waals surface area contributed by atoms with Crippen molar-refractivity contribution >= 4 is 16.8 Å². The van der Waals surface area contributed by atoms with Gasteiger partial charge in [0.25, 0.3) is 5.91 Å². The molecule has 78 valence electrons. The highest BCUT2D eigenvalue weighted by Crippen LogP contribution is 2.25. The molecule has 0 atom stereocenters. The summed E-state index contributed by atoms with van der Waals surface area (Å²) in [6, 6.07) is 1.81. The predicted molar refractivity (Wildman–Crippen MR) is 54.3 cm³/mol. The lowest BCUT2D eigenvalue weighted by Gasteiger charge is -2.04. The van der Waals surface area contributed by atoms with Crippen molar-refractivity contribution in [1.82, 2.24) is 15.4 Å². The molecule has 0 aromatic carbocycles. The first-order valence-electron chi connectivity index (χ1n) is 4.29. The third-order valence-corrected chi connectivity index (χ3v) is 2.13. The number of H-pyrrole nitrogens is 1. The zero-order chi connectivity index (χ0) is 10.8. The fourth-order valence-corrected chi connectivity index (χ4v) is 1.43. The molecule has 2 heterocycles. The molecule has 6 nitrogen and oxygen atoms in total. The van der Waals surface area contributed by atoms with E-state index in [2.05, 4.69) is 9.97 Å². The number of carbonyl (C=O) groups is 1. The van der Waals surface area contributed by atoms with Crippen molar-refractivity contribution in [3.63, 3.8) is 0 Å². The van der Waals surface area contributed by atoms with Gasteiger partial charge in [-0.15, -0.1) is 0 Å². The maximum absolute atomic E-state index is 11.4. The number of ether oxygens (including phenoxy) is 1. The molecule has 0 unspecified atom stereocenters. The number of nitrogens with one attached hydrogen (secondary N) is 2. The van der Waals surface area contributed by atoms with Crippen LogP contribution in [0.3, 0.4) is 0 Å². The number of rotatable bonds is 2. The first-order chi connectivity index (χ1) is 7.27. The Morgan fingerprint density at radius 3 is 3.13 bits per heavy atom. The minimum Gasteiger partial charge on any atom is -0.494 e. The molecule has 1 amide bonds. The fourth-order valence-electron chi connectivity index (χ4n) is 1.43. The van der Waals surface area contributed by atoms with Gasteiger partial charge in [-0.1, -0.05) is 0 Å². The molecule has 4 N–H and O–H groups in total. The lowest BCUT2D eigenvalue weighted by molar-refractivity contribution is 0.0950. The van der Waals surface area contributed by atoms with E-state index in [1.165, 1.54) is 6.20 Å². The minimum absolute atomic E-state index is 0.248. The summed E-state index contributed by atoms with van der Waals surface area (Å²) >= 11 is 0. The van der Waals surface area contributed by atoms with Gasteiger partial charge in [0.15, 0.2) is 5.69 Å². The van der Waals surface area contributed by atoms with Crippen molar-refractivity contribution in [2.24, 2.45) is 5.84 Å². The van der Waals surface area contributed by atoms with Crippen LogP contribution >= 0.6 is 0 Å². The average molecular weight is 206 g/mol. The predicted octanol–water partition coefficient (Wildman–Crippen LogP) is 0.175. The van der Waals surface area contributed by atoms with Gasteiger partial charge in [0, 0.05) is 11.6 Å². The van der Waals surface area contributed by atoms with Crippen LogP contribution in [0.4, 0.5) is 0 Å². The highest BCUT2D eigenvalue weighted by Gasteiger charge is 2.14. The van der Waals surface area contributed by atoms with Gasteiger partial charge in [0.2, 0.25) is 0 Å². The molecule has 0 radical (unpaired) electrons. The van der Waals surface area contributed by atoms with Crippen LogP contribution in [0, 0.1) is 0 Å². The largest absolute Gasteiger partial charge is 0.494 e. The summed E-state index contributed by atoms with van der Waals surface area (Å²) in [6.45, 7) is 0. The Bertz CT molecular complexity index is 506. The van der Waals surface area contributed by atoms with E-state index >= 15 is 0 Å². The van der Waals surface area contributed by atoms with Gasteiger partial charge in [-0.05, 0) is 6.07 Å². The molecule has 0 aliphatic heterocycles. The summed E-state index contributed by atoms with van der Waals surface area (Å²) < 4.78 is 5.11. The van der Waals surface area contributed by atoms with E-state index in [4.69, 9.17) is 10.6 Å². The number of carbonyl (C=O) groups excluding carboxylic acids is 1. The smallest absolute Gasteiger partial charge is 0.285 e. The second-order valence-electron chi connectivity index (χ2n) is 2.91. The number of hydrazine groups is 1. The molecule has 0 saturated heterocycles. The Morgan fingerprint density at radius 2 is 2.47 bits per heavy atom. The standard InChI is InChI=1S/C9H10N4O2/c1-15-6-4-12-8(9(14)13-10)7-5(6)2-3-11-7/h2-4,11H,10H2,1H3,(H,13,14). The summed E-state index contributed by atoms with van der Waals surface area (Å²) in [4.78, 5) is 18.3. The number of nitrogen functional groups attached to an aromatic ring is 1. The molecule has 2 aromatic rings. The normalized spacial score (nSPS) is 10.3. The molecule has 0 aliphatic rings. The zero-order valence-corrected chi connectivity index (χ0v) is 8.07. The number of methoxy groups -OCH3 is 1. The highest BCUT2D eigenvalue weighted by molar-refractivity contribution is 6.05. The Hall–Kier alpha value is -2.08. The van der Waals surface area contributed by atoms with E-state index < -0.39 is 5.91 Å². The van der Waals surface area contributed by atoms with Gasteiger partial charge in [-0.25, -0.2) is 10.8 Å². The maximum Gasteiger partial charge on any atom is 0.285 e. The number of pyridine rings is 1. The zero-order valence-electron chi connectivity index (χ0n) is 8.07. The Balaban J connectivity index is 2.68. The highest BCUT2D eigenvalue weighted by atomic mass is 16.5. The number of hydrogen-bond acceptors (Lipinski definition) is 4. The summed E-state index contributed by atoms with van der Waals surface area (Å²) in [5, 5.41) is 0.797. The SMILES string of the molecule is COc1cnc(C(=O)NN)c2[nH]ccc12. The van der Waals surface area contributed by atoms with Crippen LogP contribution < -0.4 is 16.0 Å². The lowest BCUT2D eigenvalue weighted by atomic mass is 10.2. The van der Waals surface area contributed by atoms with Crippen LogP contribution in [0.25, 0.3) is 10.9 Å². The van der Waals surface area contributed by atoms with Crippen LogP contribution in [0.2, 0.25) is 0 Å². The van der Waals surface area contributed by atoms with E-state index in [9.17, 15) is 4.79 Å². The van der Waals surface area contributed by atoms with Gasteiger partial charge in [0.05, 0.1) is 18.8 Å². The first-order valence-corrected chi connectivity index (χ1v) is 4.29. The molecule has 0 saturated carbocycles. The fraction of sp³-hybridized carbons (Fsp3) is 0.111. The van der Waals surface area contributed by atoms with Crippen molar-refractivity contribution in [2.75, 3.05) is 7.11 Å². The van der Waals surface area contributed by atoms with Crippen molar-refractivity contribution in [1.29, 1.82) is 0 Å². The molecule has 0 aliphatic carbocycles. The van der Waals surface area contributed by atoms with Crippen LogP contribution in [0.15, 0.2) is 18.5 Å². The third-order valence-electron chi connectivity index (χ3n) is 2.13. The second kappa shape index (κ2) is 3.58. The minimum atomic E-state index is -0.440. The van der Waals surface area contributed by atoms with Gasteiger partial charge in [-0.3, -0.25) is 10.2 Å². The molecule has 15 heavy (non-hydrogen) atoms. The van der Waals surface area contributed by atoms with Gasteiger partial charge in [0.1, 0.15) is 5.75 Å². The monoisotopic (exact) mass is 206 g/mol. The molecule has 2 rings (SSSR count). The lowest BCUT2D eigenvalue weighted by Crippen LogP contribution is -2.30. The summed E-state index contributed by atoms with van der Waals surface area (Å²) in [5.74, 6) is 5.22. The van der Waals surface area contributed by atoms with Gasteiger partial charge < -0.3 is 9.72 Å². The number of amides is 1. The summed E-state index contributed by atoms with van der Waals surface area (Å²) in [6.07, 6.45) is 3.20. The van der Waals surface area contributed by atoms with Crippen molar-refractivity contribution in [3.8, 4) is 5.75 Å². The first kappa shape index (κ1) is 9.47. The van der Waals surface area contributed by atoms with E-state index in [1.807, 2.05) is 11.5 Å². The second-order valence-corrected chi connectivity index (χ2v) is 2.91. The molecule has 6 heteroatoms. The number of fused-ring (bicyclic) bond motifs is 1. The summed E-state index contributed by atoms with van der Waals surface area (Å²) in [7, 11) is 1.55. The van der Waals surface area contributed by atoms with E-state index in [0.29, 0.717) is 11.3 Å². The van der Waals surface area contributed by atoms with Crippen molar-refractivity contribution in [3.05, 3.63) is 24.2 Å². The van der Waals surface area contributed by atoms with Crippen LogP contribution in [-0.4, -0.2) is 23.0 Å². The molecular formula is C9H10N4O2. The van der Waals surface area contributed by atoms with Gasteiger partial charge in [-0.2, -0.15) is 0 Å². The van der Waals surface area contributed by atoms with E-state index in [-0.39, 0.29) is 5.69 Å².